The van der Waals surface area contributed by atoms with E-state index in [4.69, 9.17) is 9.47 Å². The monoisotopic (exact) mass is 621 g/mol. The minimum Gasteiger partial charge on any atom is -0.458 e. The van der Waals surface area contributed by atoms with E-state index in [0.717, 1.165) is 40.1 Å². The lowest BCUT2D eigenvalue weighted by atomic mass is 10.0. The molecule has 2 aromatic rings. The van der Waals surface area contributed by atoms with Crippen molar-refractivity contribution in [3.05, 3.63) is 59.9 Å². The number of nitrogens with zero attached hydrogens (tertiary/aromatic N) is 2. The van der Waals surface area contributed by atoms with E-state index in [9.17, 15) is 27.2 Å². The van der Waals surface area contributed by atoms with Crippen LogP contribution in [-0.4, -0.2) is 84.4 Å². The van der Waals surface area contributed by atoms with Crippen molar-refractivity contribution in [3.63, 3.8) is 0 Å². The molecule has 4 rings (SSSR count). The van der Waals surface area contributed by atoms with Crippen molar-refractivity contribution in [1.29, 1.82) is 0 Å². The maximum Gasteiger partial charge on any atom is 0.415 e. The highest BCUT2D eigenvalue weighted by atomic mass is 32.2. The number of rotatable bonds is 8. The third-order valence-electron chi connectivity index (χ3n) is 6.77. The van der Waals surface area contributed by atoms with Gasteiger partial charge in [0.05, 0.1) is 4.90 Å². The zero-order valence-corrected chi connectivity index (χ0v) is 25.5. The molecule has 10 nitrogen and oxygen atoms in total. The van der Waals surface area contributed by atoms with Crippen LogP contribution in [0.5, 0.6) is 5.75 Å². The third kappa shape index (κ3) is 8.23. The summed E-state index contributed by atoms with van der Waals surface area (Å²) >= 11 is 1.79. The first-order valence-electron chi connectivity index (χ1n) is 13.8. The predicted octanol–water partition coefficient (Wildman–Crippen LogP) is 3.60. The van der Waals surface area contributed by atoms with Gasteiger partial charge in [0.2, 0.25) is 15.9 Å². The summed E-state index contributed by atoms with van der Waals surface area (Å²) in [5, 5.41) is 2.71. The van der Waals surface area contributed by atoms with Crippen LogP contribution in [0.1, 0.15) is 39.2 Å². The molecule has 42 heavy (non-hydrogen) atoms. The van der Waals surface area contributed by atoms with Gasteiger partial charge in [0.1, 0.15) is 29.3 Å². The molecule has 0 unspecified atom stereocenters. The Bertz CT molecular complexity index is 1370. The van der Waals surface area contributed by atoms with Gasteiger partial charge in [0.25, 0.3) is 0 Å². The van der Waals surface area contributed by atoms with Gasteiger partial charge in [-0.2, -0.15) is 16.1 Å². The summed E-state index contributed by atoms with van der Waals surface area (Å²) in [6.07, 6.45) is 0.365. The SMILES string of the molecule is CC(C)(C)OC(=O)[C@H](Cc1ccc(OC(=O)N2CCSCC2)cc1)NC(=O)[C@@H]1CCCN1S(=O)(=O)c1ccc(F)cc1. The highest BCUT2D eigenvalue weighted by Crippen LogP contribution is 2.27. The molecule has 2 saturated heterocycles. The zero-order valence-electron chi connectivity index (χ0n) is 23.9. The summed E-state index contributed by atoms with van der Waals surface area (Å²) < 4.78 is 52.0. The Labute approximate surface area is 250 Å². The molecule has 228 valence electrons. The first-order chi connectivity index (χ1) is 19.8. The van der Waals surface area contributed by atoms with Gasteiger partial charge in [0, 0.05) is 37.6 Å². The number of ether oxygens (including phenoxy) is 2. The number of sulfonamides is 1. The van der Waals surface area contributed by atoms with E-state index in [1.807, 2.05) is 0 Å². The molecule has 2 fully saturated rings. The van der Waals surface area contributed by atoms with Gasteiger partial charge in [-0.1, -0.05) is 12.1 Å². The van der Waals surface area contributed by atoms with Crippen molar-refractivity contribution >= 4 is 39.8 Å². The number of hydrogen-bond donors (Lipinski definition) is 1. The molecule has 1 N–H and O–H groups in total. The fourth-order valence-electron chi connectivity index (χ4n) is 4.71. The average Bonchev–Trinajstić information content (AvgIpc) is 3.45. The van der Waals surface area contributed by atoms with E-state index in [1.165, 1.54) is 0 Å². The topological polar surface area (TPSA) is 122 Å². The molecule has 13 heteroatoms. The maximum absolute atomic E-state index is 13.4. The third-order valence-corrected chi connectivity index (χ3v) is 9.64. The Morgan fingerprint density at radius 1 is 1.02 bits per heavy atom. The lowest BCUT2D eigenvalue weighted by Crippen LogP contribution is -2.52. The first-order valence-corrected chi connectivity index (χ1v) is 16.4. The summed E-state index contributed by atoms with van der Waals surface area (Å²) in [6.45, 7) is 6.50. The molecular formula is C29H36FN3O7S2. The van der Waals surface area contributed by atoms with Crippen molar-refractivity contribution in [3.8, 4) is 5.75 Å². The van der Waals surface area contributed by atoms with E-state index >= 15 is 0 Å². The summed E-state index contributed by atoms with van der Waals surface area (Å²) in [7, 11) is -4.07. The normalized spacial score (nSPS) is 18.8. The Morgan fingerprint density at radius 3 is 2.29 bits per heavy atom. The van der Waals surface area contributed by atoms with Gasteiger partial charge in [-0.15, -0.1) is 0 Å². The van der Waals surface area contributed by atoms with E-state index in [1.54, 1.807) is 61.7 Å². The molecule has 0 radical (unpaired) electrons. The summed E-state index contributed by atoms with van der Waals surface area (Å²) in [4.78, 5) is 40.5. The molecule has 2 heterocycles. The Kier molecular flexibility index (Phi) is 10.2. The molecule has 2 aromatic carbocycles. The fourth-order valence-corrected chi connectivity index (χ4v) is 7.27. The van der Waals surface area contributed by atoms with Crippen molar-refractivity contribution < 1.29 is 36.7 Å². The van der Waals surface area contributed by atoms with Crippen LogP contribution in [-0.2, 0) is 30.8 Å². The number of carbonyl (C=O) groups excluding carboxylic acids is 3. The highest BCUT2D eigenvalue weighted by molar-refractivity contribution is 7.99. The fraction of sp³-hybridized carbons (Fsp3) is 0.483. The quantitative estimate of drug-likeness (QED) is 0.444. The van der Waals surface area contributed by atoms with Crippen LogP contribution in [0, 0.1) is 5.82 Å². The Balaban J connectivity index is 1.47. The predicted molar refractivity (Wildman–Crippen MR) is 156 cm³/mol. The molecule has 0 spiro atoms. The number of amides is 2. The van der Waals surface area contributed by atoms with Gasteiger partial charge >= 0.3 is 12.1 Å². The van der Waals surface area contributed by atoms with Gasteiger partial charge < -0.3 is 19.7 Å². The first kappa shape index (κ1) is 31.8. The van der Waals surface area contributed by atoms with Gasteiger partial charge in [-0.3, -0.25) is 4.79 Å². The van der Waals surface area contributed by atoms with E-state index < -0.39 is 51.5 Å². The van der Waals surface area contributed by atoms with E-state index in [-0.39, 0.29) is 24.3 Å². The van der Waals surface area contributed by atoms with Crippen molar-refractivity contribution in [1.82, 2.24) is 14.5 Å². The second-order valence-corrected chi connectivity index (χ2v) is 14.3. The van der Waals surface area contributed by atoms with Gasteiger partial charge in [-0.25, -0.2) is 22.4 Å². The second-order valence-electron chi connectivity index (χ2n) is 11.1. The summed E-state index contributed by atoms with van der Waals surface area (Å²) in [6, 6.07) is 8.90. The molecule has 0 saturated carbocycles. The minimum atomic E-state index is -4.07. The molecule has 0 aromatic heterocycles. The average molecular weight is 622 g/mol. The van der Waals surface area contributed by atoms with Crippen LogP contribution >= 0.6 is 11.8 Å². The molecule has 2 aliphatic heterocycles. The van der Waals surface area contributed by atoms with Crippen LogP contribution in [0.3, 0.4) is 0 Å². The summed E-state index contributed by atoms with van der Waals surface area (Å²) in [5.74, 6) is 0.217. The van der Waals surface area contributed by atoms with Gasteiger partial charge in [-0.05, 0) is 75.6 Å². The molecule has 0 bridgehead atoms. The molecular weight excluding hydrogens is 585 g/mol. The standard InChI is InChI=1S/C29H36FN3O7S2/c1-29(2,3)40-27(35)24(19-20-6-10-22(11-7-20)39-28(36)32-15-17-41-18-16-32)31-26(34)25-5-4-14-33(25)42(37,38)23-12-8-21(30)9-13-23/h6-13,24-25H,4-5,14-19H2,1-3H3,(H,31,34)/t24-,25-/m0/s1. The molecule has 2 atom stereocenters. The smallest absolute Gasteiger partial charge is 0.415 e. The van der Waals surface area contributed by atoms with E-state index in [2.05, 4.69) is 5.32 Å². The summed E-state index contributed by atoms with van der Waals surface area (Å²) in [5.41, 5.74) is -0.154. The van der Waals surface area contributed by atoms with Crippen LogP contribution in [0.2, 0.25) is 0 Å². The molecule has 2 aliphatic rings. The number of esters is 1. The number of halogens is 1. The van der Waals surface area contributed by atoms with Crippen molar-refractivity contribution in [2.75, 3.05) is 31.1 Å². The lowest BCUT2D eigenvalue weighted by Gasteiger charge is -2.28. The van der Waals surface area contributed by atoms with Gasteiger partial charge in [0.15, 0.2) is 0 Å². The Hall–Kier alpha value is -3.16. The number of carbonyl (C=O) groups is 3. The lowest BCUT2D eigenvalue weighted by molar-refractivity contribution is -0.158. The number of hydrogen-bond acceptors (Lipinski definition) is 8. The second kappa shape index (κ2) is 13.4. The zero-order chi connectivity index (χ0) is 30.5. The van der Waals surface area contributed by atoms with Crippen LogP contribution < -0.4 is 10.1 Å². The van der Waals surface area contributed by atoms with Crippen LogP contribution in [0.25, 0.3) is 0 Å². The maximum atomic E-state index is 13.4. The highest BCUT2D eigenvalue weighted by Gasteiger charge is 2.41. The number of thioether (sulfide) groups is 1. The Morgan fingerprint density at radius 2 is 1.67 bits per heavy atom. The minimum absolute atomic E-state index is 0.0651. The van der Waals surface area contributed by atoms with Crippen molar-refractivity contribution in [2.24, 2.45) is 0 Å². The van der Waals surface area contributed by atoms with Crippen LogP contribution in [0.15, 0.2) is 53.4 Å². The number of nitrogens with one attached hydrogen (secondary N) is 1. The van der Waals surface area contributed by atoms with Crippen molar-refractivity contribution in [2.45, 2.75) is 62.6 Å². The van der Waals surface area contributed by atoms with Crippen LogP contribution in [0.4, 0.5) is 9.18 Å². The number of benzene rings is 2. The largest absolute Gasteiger partial charge is 0.458 e. The molecule has 2 amide bonds. The van der Waals surface area contributed by atoms with E-state index in [0.29, 0.717) is 30.8 Å². The molecule has 0 aliphatic carbocycles.